The first-order valence-electron chi connectivity index (χ1n) is 7.59. The molecule has 0 atom stereocenters. The number of halogens is 4. The van der Waals surface area contributed by atoms with Crippen LogP contribution < -0.4 is 10.6 Å². The molecule has 0 spiro atoms. The van der Waals surface area contributed by atoms with Gasteiger partial charge in [0.1, 0.15) is 11.5 Å². The Bertz CT molecular complexity index is 874. The molecule has 0 amide bonds. The minimum atomic E-state index is -4.54. The van der Waals surface area contributed by atoms with Crippen LogP contribution in [0.3, 0.4) is 0 Å². The van der Waals surface area contributed by atoms with Crippen molar-refractivity contribution in [2.24, 2.45) is 0 Å². The van der Waals surface area contributed by atoms with E-state index in [1.807, 2.05) is 0 Å². The number of ketones is 1. The maximum atomic E-state index is 12.6. The van der Waals surface area contributed by atoms with E-state index in [-0.39, 0.29) is 46.7 Å². The minimum Gasteiger partial charge on any atom is -0.378 e. The molecule has 11 heteroatoms. The molecule has 0 saturated carbocycles. The van der Waals surface area contributed by atoms with Gasteiger partial charge in [-0.05, 0) is 25.1 Å². The third-order valence-electron chi connectivity index (χ3n) is 3.50. The van der Waals surface area contributed by atoms with Crippen LogP contribution in [0, 0.1) is 10.1 Å². The number of hydrogen-bond donors (Lipinski definition) is 2. The fraction of sp³-hybridized carbons (Fsp3) is 0.250. The summed E-state index contributed by atoms with van der Waals surface area (Å²) in [5.74, 6) is -0.234. The van der Waals surface area contributed by atoms with Crippen LogP contribution >= 0.6 is 11.6 Å². The number of aromatic nitrogens is 1. The van der Waals surface area contributed by atoms with E-state index >= 15 is 0 Å². The summed E-state index contributed by atoms with van der Waals surface area (Å²) in [7, 11) is 0. The normalized spacial score (nSPS) is 11.1. The van der Waals surface area contributed by atoms with Crippen molar-refractivity contribution in [3.8, 4) is 0 Å². The van der Waals surface area contributed by atoms with Crippen molar-refractivity contribution in [2.75, 3.05) is 23.7 Å². The highest BCUT2D eigenvalue weighted by atomic mass is 35.5. The first-order valence-corrected chi connectivity index (χ1v) is 7.97. The van der Waals surface area contributed by atoms with E-state index in [1.165, 1.54) is 25.1 Å². The van der Waals surface area contributed by atoms with Crippen molar-refractivity contribution in [2.45, 2.75) is 13.1 Å². The van der Waals surface area contributed by atoms with Crippen LogP contribution in [0.5, 0.6) is 0 Å². The van der Waals surface area contributed by atoms with Gasteiger partial charge in [-0.25, -0.2) is 4.98 Å². The molecule has 0 unspecified atom stereocenters. The number of Topliss-reactive ketones (excluding diaryl/α,β-unsaturated/α-hetero) is 1. The first-order chi connectivity index (χ1) is 12.6. The summed E-state index contributed by atoms with van der Waals surface area (Å²) in [6.07, 6.45) is -3.88. The molecule has 0 aliphatic carbocycles. The molecule has 27 heavy (non-hydrogen) atoms. The van der Waals surface area contributed by atoms with E-state index < -0.39 is 16.7 Å². The van der Waals surface area contributed by atoms with Crippen LogP contribution in [-0.4, -0.2) is 28.8 Å². The number of pyridine rings is 1. The van der Waals surface area contributed by atoms with E-state index in [9.17, 15) is 28.1 Å². The number of nitro groups is 1. The Balaban J connectivity index is 1.99. The molecule has 0 aliphatic rings. The lowest BCUT2D eigenvalue weighted by molar-refractivity contribution is -0.384. The first kappa shape index (κ1) is 20.4. The summed E-state index contributed by atoms with van der Waals surface area (Å²) in [5.41, 5.74) is -0.796. The van der Waals surface area contributed by atoms with E-state index in [0.717, 1.165) is 6.07 Å². The standard InChI is InChI=1S/C16H14ClF3N4O3/c1-9(25)10-2-3-13(14(6-10)24(26)27)21-4-5-22-15-12(17)7-11(8-23-15)16(18,19)20/h2-3,6-8,21H,4-5H2,1H3,(H,22,23). The molecular weight excluding hydrogens is 389 g/mol. The van der Waals surface area contributed by atoms with Gasteiger partial charge in [0, 0.05) is 30.9 Å². The lowest BCUT2D eigenvalue weighted by atomic mass is 10.1. The van der Waals surface area contributed by atoms with Crippen LogP contribution in [0.4, 0.5) is 30.4 Å². The Morgan fingerprint density at radius 2 is 1.93 bits per heavy atom. The minimum absolute atomic E-state index is 0.0629. The number of alkyl halides is 3. The SMILES string of the molecule is CC(=O)c1ccc(NCCNc2ncc(C(F)(F)F)cc2Cl)c([N+](=O)[O-])c1. The molecule has 1 aromatic heterocycles. The predicted molar refractivity (Wildman–Crippen MR) is 94.3 cm³/mol. The Kier molecular flexibility index (Phi) is 6.21. The Labute approximate surface area is 156 Å². The zero-order valence-electron chi connectivity index (χ0n) is 13.9. The van der Waals surface area contributed by atoms with Crippen molar-refractivity contribution in [3.05, 3.63) is 56.7 Å². The zero-order valence-corrected chi connectivity index (χ0v) is 14.7. The Hall–Kier alpha value is -2.88. The molecule has 2 aromatic rings. The van der Waals surface area contributed by atoms with E-state index in [0.29, 0.717) is 6.20 Å². The topological polar surface area (TPSA) is 97.2 Å². The van der Waals surface area contributed by atoms with E-state index in [2.05, 4.69) is 15.6 Å². The van der Waals surface area contributed by atoms with Gasteiger partial charge in [0.15, 0.2) is 5.78 Å². The number of rotatable bonds is 7. The number of nitrogens with one attached hydrogen (secondary N) is 2. The van der Waals surface area contributed by atoms with Gasteiger partial charge in [-0.2, -0.15) is 13.2 Å². The van der Waals surface area contributed by atoms with Crippen molar-refractivity contribution in [1.29, 1.82) is 0 Å². The van der Waals surface area contributed by atoms with Gasteiger partial charge in [-0.3, -0.25) is 14.9 Å². The molecule has 0 saturated heterocycles. The maximum Gasteiger partial charge on any atom is 0.417 e. The monoisotopic (exact) mass is 402 g/mol. The zero-order chi connectivity index (χ0) is 20.2. The average Bonchev–Trinajstić information content (AvgIpc) is 2.58. The molecule has 0 fully saturated rings. The lowest BCUT2D eigenvalue weighted by Crippen LogP contribution is -2.16. The maximum absolute atomic E-state index is 12.6. The molecule has 0 bridgehead atoms. The summed E-state index contributed by atoms with van der Waals surface area (Å²) in [6.45, 7) is 1.68. The molecule has 0 aliphatic heterocycles. The van der Waals surface area contributed by atoms with Gasteiger partial charge < -0.3 is 10.6 Å². The van der Waals surface area contributed by atoms with Crippen molar-refractivity contribution < 1.29 is 22.9 Å². The smallest absolute Gasteiger partial charge is 0.378 e. The van der Waals surface area contributed by atoms with E-state index in [1.54, 1.807) is 0 Å². The third-order valence-corrected chi connectivity index (χ3v) is 3.79. The molecule has 2 rings (SSSR count). The number of hydrogen-bond acceptors (Lipinski definition) is 6. The number of carbonyl (C=O) groups is 1. The van der Waals surface area contributed by atoms with Crippen LogP contribution in [-0.2, 0) is 6.18 Å². The fourth-order valence-electron chi connectivity index (χ4n) is 2.15. The second-order valence-corrected chi connectivity index (χ2v) is 5.86. The predicted octanol–water partition coefficient (Wildman–Crippen LogP) is 4.39. The highest BCUT2D eigenvalue weighted by molar-refractivity contribution is 6.32. The van der Waals surface area contributed by atoms with Gasteiger partial charge in [0.25, 0.3) is 5.69 Å². The summed E-state index contributed by atoms with van der Waals surface area (Å²) in [5, 5.41) is 16.5. The van der Waals surface area contributed by atoms with Crippen LogP contribution in [0.2, 0.25) is 5.02 Å². The van der Waals surface area contributed by atoms with Crippen molar-refractivity contribution in [1.82, 2.24) is 4.98 Å². The average molecular weight is 403 g/mol. The van der Waals surface area contributed by atoms with Gasteiger partial charge in [-0.15, -0.1) is 0 Å². The summed E-state index contributed by atoms with van der Waals surface area (Å²) >= 11 is 5.78. The summed E-state index contributed by atoms with van der Waals surface area (Å²) in [4.78, 5) is 25.5. The molecule has 1 heterocycles. The lowest BCUT2D eigenvalue weighted by Gasteiger charge is -2.12. The number of nitro benzene ring substituents is 1. The number of benzene rings is 1. The van der Waals surface area contributed by atoms with Gasteiger partial charge in [0.2, 0.25) is 0 Å². The summed E-state index contributed by atoms with van der Waals surface area (Å²) < 4.78 is 37.7. The van der Waals surface area contributed by atoms with E-state index in [4.69, 9.17) is 11.6 Å². The molecule has 144 valence electrons. The van der Waals surface area contributed by atoms with Crippen LogP contribution in [0.15, 0.2) is 30.5 Å². The van der Waals surface area contributed by atoms with Crippen LogP contribution in [0.25, 0.3) is 0 Å². The highest BCUT2D eigenvalue weighted by Gasteiger charge is 2.31. The molecule has 0 radical (unpaired) electrons. The van der Waals surface area contributed by atoms with Crippen LogP contribution in [0.1, 0.15) is 22.8 Å². The van der Waals surface area contributed by atoms with Gasteiger partial charge in [-0.1, -0.05) is 11.6 Å². The second kappa shape index (κ2) is 8.21. The Morgan fingerprint density at radius 3 is 2.48 bits per heavy atom. The number of carbonyl (C=O) groups excluding carboxylic acids is 1. The highest BCUT2D eigenvalue weighted by Crippen LogP contribution is 2.32. The number of nitrogens with zero attached hydrogens (tertiary/aromatic N) is 2. The molecule has 1 aromatic carbocycles. The quantitative estimate of drug-likeness (QED) is 0.308. The Morgan fingerprint density at radius 1 is 1.26 bits per heavy atom. The largest absolute Gasteiger partial charge is 0.417 e. The number of anilines is 2. The second-order valence-electron chi connectivity index (χ2n) is 5.45. The van der Waals surface area contributed by atoms with Crippen molar-refractivity contribution >= 4 is 34.6 Å². The molecule has 7 nitrogen and oxygen atoms in total. The van der Waals surface area contributed by atoms with Crippen molar-refractivity contribution in [3.63, 3.8) is 0 Å². The molecular formula is C16H14ClF3N4O3. The third kappa shape index (κ3) is 5.30. The fourth-order valence-corrected chi connectivity index (χ4v) is 2.39. The van der Waals surface area contributed by atoms with Gasteiger partial charge in [0.05, 0.1) is 15.5 Å². The molecule has 2 N–H and O–H groups in total. The summed E-state index contributed by atoms with van der Waals surface area (Å²) in [6, 6.07) is 4.81. The van der Waals surface area contributed by atoms with Gasteiger partial charge >= 0.3 is 6.18 Å².